The summed E-state index contributed by atoms with van der Waals surface area (Å²) in [6.45, 7) is 0. The van der Waals surface area contributed by atoms with Crippen LogP contribution in [0.25, 0.3) is 27.9 Å². The lowest BCUT2D eigenvalue weighted by atomic mass is 10.2. The summed E-state index contributed by atoms with van der Waals surface area (Å²) in [5.74, 6) is 2.82. The molecule has 38 heavy (non-hydrogen) atoms. The number of para-hydroxylation sites is 2. The molecule has 0 aliphatic heterocycles. The molecule has 3 aromatic heterocycles. The van der Waals surface area contributed by atoms with Gasteiger partial charge in [0, 0.05) is 40.6 Å². The van der Waals surface area contributed by atoms with Gasteiger partial charge in [-0.1, -0.05) is 12.1 Å². The van der Waals surface area contributed by atoms with Crippen LogP contribution in [0.1, 0.15) is 0 Å². The number of aromatic amines is 1. The Morgan fingerprint density at radius 3 is 2.39 bits per heavy atom. The highest BCUT2D eigenvalue weighted by Crippen LogP contribution is 2.40. The third-order valence-electron chi connectivity index (χ3n) is 6.05. The maximum atomic E-state index is 5.46. The van der Waals surface area contributed by atoms with Crippen molar-refractivity contribution in [3.8, 4) is 23.2 Å². The fourth-order valence-electron chi connectivity index (χ4n) is 4.31. The van der Waals surface area contributed by atoms with Crippen LogP contribution in [0.4, 0.5) is 23.3 Å². The molecule has 0 saturated carbocycles. The molecule has 3 heterocycles. The van der Waals surface area contributed by atoms with Crippen molar-refractivity contribution >= 4 is 45.2 Å². The Labute approximate surface area is 217 Å². The van der Waals surface area contributed by atoms with Gasteiger partial charge >= 0.3 is 0 Å². The van der Waals surface area contributed by atoms with Gasteiger partial charge in [-0.2, -0.15) is 4.98 Å². The summed E-state index contributed by atoms with van der Waals surface area (Å²) in [4.78, 5) is 21.5. The number of benzene rings is 3. The van der Waals surface area contributed by atoms with Gasteiger partial charge in [-0.15, -0.1) is 0 Å². The number of imidazole rings is 1. The van der Waals surface area contributed by atoms with Gasteiger partial charge < -0.3 is 29.8 Å². The van der Waals surface area contributed by atoms with Crippen LogP contribution in [0, 0.1) is 0 Å². The summed E-state index contributed by atoms with van der Waals surface area (Å²) in [7, 11) is 4.69. The van der Waals surface area contributed by atoms with Crippen molar-refractivity contribution in [2.45, 2.75) is 0 Å². The van der Waals surface area contributed by atoms with Crippen molar-refractivity contribution in [3.63, 3.8) is 0 Å². The van der Waals surface area contributed by atoms with Crippen molar-refractivity contribution in [1.29, 1.82) is 0 Å². The molecule has 0 atom stereocenters. The van der Waals surface area contributed by atoms with E-state index >= 15 is 0 Å². The molecule has 11 heteroatoms. The highest BCUT2D eigenvalue weighted by atomic mass is 16.5. The van der Waals surface area contributed by atoms with E-state index in [2.05, 4.69) is 36.6 Å². The summed E-state index contributed by atoms with van der Waals surface area (Å²) in [6.07, 6.45) is 3.37. The Morgan fingerprint density at radius 1 is 0.789 bits per heavy atom. The molecule has 0 spiro atoms. The fraction of sp³-hybridized carbons (Fsp3) is 0.111. The van der Waals surface area contributed by atoms with E-state index < -0.39 is 0 Å². The van der Waals surface area contributed by atoms with Gasteiger partial charge in [0.25, 0.3) is 0 Å². The standard InChI is InChI=1S/C27H24N8O3/c1-36-22-13-18(14-23(37-2)24(22)38-3)31-25-29-15-30-26(34-25)35-21-7-5-4-6-20(21)33-27(35)32-17-8-9-19-16(12-17)10-11-28-19/h4-15,28H,1-3H3,(H,32,33)(H,29,30,31,34). The number of ether oxygens (including phenoxy) is 3. The van der Waals surface area contributed by atoms with Crippen LogP contribution in [0.5, 0.6) is 17.2 Å². The fourth-order valence-corrected chi connectivity index (χ4v) is 4.31. The number of hydrogen-bond acceptors (Lipinski definition) is 9. The highest BCUT2D eigenvalue weighted by Gasteiger charge is 2.17. The van der Waals surface area contributed by atoms with Crippen molar-refractivity contribution in [2.24, 2.45) is 0 Å². The van der Waals surface area contributed by atoms with Crippen LogP contribution in [-0.2, 0) is 0 Å². The molecule has 0 amide bonds. The van der Waals surface area contributed by atoms with E-state index in [4.69, 9.17) is 19.2 Å². The van der Waals surface area contributed by atoms with Gasteiger partial charge in [0.15, 0.2) is 11.5 Å². The smallest absolute Gasteiger partial charge is 0.241 e. The maximum absolute atomic E-state index is 5.46. The first-order chi connectivity index (χ1) is 18.7. The molecular formula is C27H24N8O3. The lowest BCUT2D eigenvalue weighted by Crippen LogP contribution is -2.08. The summed E-state index contributed by atoms with van der Waals surface area (Å²) >= 11 is 0. The maximum Gasteiger partial charge on any atom is 0.241 e. The summed E-state index contributed by atoms with van der Waals surface area (Å²) in [5.41, 5.74) is 4.26. The number of nitrogens with zero attached hydrogens (tertiary/aromatic N) is 5. The van der Waals surface area contributed by atoms with E-state index in [0.717, 1.165) is 27.6 Å². The first kappa shape index (κ1) is 23.1. The molecule has 6 aromatic rings. The van der Waals surface area contributed by atoms with Crippen molar-refractivity contribution in [3.05, 3.63) is 73.2 Å². The number of rotatable bonds is 8. The van der Waals surface area contributed by atoms with Gasteiger partial charge in [0.05, 0.1) is 32.4 Å². The lowest BCUT2D eigenvalue weighted by molar-refractivity contribution is 0.324. The second-order valence-electron chi connectivity index (χ2n) is 8.31. The quantitative estimate of drug-likeness (QED) is 0.254. The average Bonchev–Trinajstić information content (AvgIpc) is 3.56. The minimum absolute atomic E-state index is 0.335. The van der Waals surface area contributed by atoms with Gasteiger partial charge in [-0.05, 0) is 36.4 Å². The number of nitrogens with one attached hydrogen (secondary N) is 3. The molecule has 0 unspecified atom stereocenters. The third-order valence-corrected chi connectivity index (χ3v) is 6.05. The molecule has 190 valence electrons. The Balaban J connectivity index is 1.39. The minimum atomic E-state index is 0.335. The van der Waals surface area contributed by atoms with Crippen LogP contribution in [-0.4, -0.2) is 50.8 Å². The van der Waals surface area contributed by atoms with E-state index in [1.807, 2.05) is 53.2 Å². The predicted molar refractivity (Wildman–Crippen MR) is 145 cm³/mol. The minimum Gasteiger partial charge on any atom is -0.493 e. The zero-order valence-corrected chi connectivity index (χ0v) is 20.9. The SMILES string of the molecule is COc1cc(Nc2ncnc(-n3c(Nc4ccc5[nH]ccc5c4)nc4ccccc43)n2)cc(OC)c1OC. The largest absolute Gasteiger partial charge is 0.493 e. The zero-order valence-electron chi connectivity index (χ0n) is 20.9. The third kappa shape index (κ3) is 4.15. The number of hydrogen-bond donors (Lipinski definition) is 3. The van der Waals surface area contributed by atoms with E-state index in [0.29, 0.717) is 40.8 Å². The van der Waals surface area contributed by atoms with E-state index in [1.165, 1.54) is 6.33 Å². The second kappa shape index (κ2) is 9.62. The van der Waals surface area contributed by atoms with Crippen LogP contribution in [0.3, 0.4) is 0 Å². The molecule has 0 saturated heterocycles. The first-order valence-corrected chi connectivity index (χ1v) is 11.7. The molecule has 0 aliphatic carbocycles. The number of methoxy groups -OCH3 is 3. The second-order valence-corrected chi connectivity index (χ2v) is 8.31. The molecule has 6 rings (SSSR count). The van der Waals surface area contributed by atoms with Crippen molar-refractivity contribution in [1.82, 2.24) is 29.5 Å². The Bertz CT molecular complexity index is 1740. The van der Waals surface area contributed by atoms with Crippen LogP contribution < -0.4 is 24.8 Å². The van der Waals surface area contributed by atoms with Gasteiger partial charge in [0.1, 0.15) is 6.33 Å². The predicted octanol–water partition coefficient (Wildman–Crippen LogP) is 5.20. The van der Waals surface area contributed by atoms with Crippen LogP contribution >= 0.6 is 0 Å². The monoisotopic (exact) mass is 508 g/mol. The number of fused-ring (bicyclic) bond motifs is 2. The molecule has 0 aliphatic rings. The van der Waals surface area contributed by atoms with Gasteiger partial charge in [0.2, 0.25) is 23.6 Å². The average molecular weight is 509 g/mol. The topological polar surface area (TPSA) is 124 Å². The van der Waals surface area contributed by atoms with Gasteiger partial charge in [-0.25, -0.2) is 19.5 Å². The molecule has 0 radical (unpaired) electrons. The number of anilines is 4. The normalized spacial score (nSPS) is 11.0. The number of aromatic nitrogens is 6. The Kier molecular flexibility index (Phi) is 5.85. The van der Waals surface area contributed by atoms with Crippen LogP contribution in [0.2, 0.25) is 0 Å². The molecular weight excluding hydrogens is 484 g/mol. The molecule has 11 nitrogen and oxygen atoms in total. The van der Waals surface area contributed by atoms with Crippen LogP contribution in [0.15, 0.2) is 73.2 Å². The van der Waals surface area contributed by atoms with Crippen molar-refractivity contribution in [2.75, 3.05) is 32.0 Å². The highest BCUT2D eigenvalue weighted by molar-refractivity contribution is 5.85. The lowest BCUT2D eigenvalue weighted by Gasteiger charge is -2.15. The van der Waals surface area contributed by atoms with Crippen molar-refractivity contribution < 1.29 is 14.2 Å². The van der Waals surface area contributed by atoms with E-state index in [1.54, 1.807) is 33.5 Å². The first-order valence-electron chi connectivity index (χ1n) is 11.7. The van der Waals surface area contributed by atoms with E-state index in [9.17, 15) is 0 Å². The summed E-state index contributed by atoms with van der Waals surface area (Å²) < 4.78 is 18.2. The summed E-state index contributed by atoms with van der Waals surface area (Å²) in [5, 5.41) is 7.72. The molecule has 0 fully saturated rings. The number of H-pyrrole nitrogens is 1. The Hall–Kier alpha value is -5.32. The van der Waals surface area contributed by atoms with Gasteiger partial charge in [-0.3, -0.25) is 0 Å². The molecule has 3 N–H and O–H groups in total. The molecule has 3 aromatic carbocycles. The van der Waals surface area contributed by atoms with E-state index in [-0.39, 0.29) is 0 Å². The Morgan fingerprint density at radius 2 is 1.61 bits per heavy atom. The molecule has 0 bridgehead atoms. The zero-order chi connectivity index (χ0) is 26.1. The summed E-state index contributed by atoms with van der Waals surface area (Å²) in [6, 6.07) is 19.5.